The zero-order chi connectivity index (χ0) is 16.3. The molecule has 1 saturated heterocycles. The van der Waals surface area contributed by atoms with E-state index in [2.05, 4.69) is 5.32 Å². The Kier molecular flexibility index (Phi) is 4.58. The van der Waals surface area contributed by atoms with Crippen LogP contribution in [0.25, 0.3) is 0 Å². The third-order valence-corrected chi connectivity index (χ3v) is 3.57. The van der Waals surface area contributed by atoms with Crippen LogP contribution in [-0.2, 0) is 0 Å². The van der Waals surface area contributed by atoms with E-state index in [1.165, 1.54) is 29.2 Å². The number of likely N-dealkylation sites (tertiary alicyclic amines) is 1. The summed E-state index contributed by atoms with van der Waals surface area (Å²) in [6.45, 7) is -0.00365. The minimum atomic E-state index is -4.28. The molecule has 1 fully saturated rings. The number of carbonyl (C=O) groups excluding carboxylic acids is 2. The highest BCUT2D eigenvalue weighted by Gasteiger charge is 2.42. The molecule has 3 amide bonds. The first-order valence-corrected chi connectivity index (χ1v) is 6.80. The van der Waals surface area contributed by atoms with Crippen molar-refractivity contribution < 1.29 is 22.8 Å². The monoisotopic (exact) mass is 315 g/mol. The molecule has 120 valence electrons. The van der Waals surface area contributed by atoms with Crippen LogP contribution >= 0.6 is 0 Å². The summed E-state index contributed by atoms with van der Waals surface area (Å²) in [6.07, 6.45) is -3.90. The van der Waals surface area contributed by atoms with E-state index in [9.17, 15) is 22.8 Å². The predicted octanol–water partition coefficient (Wildman–Crippen LogP) is 2.59. The summed E-state index contributed by atoms with van der Waals surface area (Å²) in [4.78, 5) is 24.2. The first-order chi connectivity index (χ1) is 10.3. The van der Waals surface area contributed by atoms with E-state index in [1.807, 2.05) is 0 Å². The van der Waals surface area contributed by atoms with Gasteiger partial charge in [-0.3, -0.25) is 4.79 Å². The molecule has 1 aromatic rings. The maximum atomic E-state index is 12.8. The first kappa shape index (κ1) is 16.1. The lowest BCUT2D eigenvalue weighted by atomic mass is 9.97. The minimum absolute atomic E-state index is 0.0503. The van der Waals surface area contributed by atoms with Crippen molar-refractivity contribution in [2.45, 2.75) is 19.0 Å². The number of rotatable bonds is 2. The Bertz CT molecular complexity index is 557. The number of primary amides is 1. The molecule has 1 unspecified atom stereocenters. The number of halogens is 3. The van der Waals surface area contributed by atoms with Gasteiger partial charge in [-0.1, -0.05) is 0 Å². The molecular weight excluding hydrogens is 299 g/mol. The van der Waals surface area contributed by atoms with Gasteiger partial charge in [0.2, 0.25) is 0 Å². The van der Waals surface area contributed by atoms with E-state index >= 15 is 0 Å². The van der Waals surface area contributed by atoms with Gasteiger partial charge in [0.15, 0.2) is 0 Å². The van der Waals surface area contributed by atoms with E-state index < -0.39 is 24.0 Å². The number of anilines is 1. The molecule has 0 bridgehead atoms. The van der Waals surface area contributed by atoms with E-state index in [0.29, 0.717) is 18.7 Å². The minimum Gasteiger partial charge on any atom is -0.351 e. The number of hydrogen-bond donors (Lipinski definition) is 2. The molecule has 0 saturated carbocycles. The number of benzene rings is 1. The summed E-state index contributed by atoms with van der Waals surface area (Å²) in [6, 6.07) is 5.12. The smallest absolute Gasteiger partial charge is 0.351 e. The van der Waals surface area contributed by atoms with Crippen molar-refractivity contribution in [2.24, 2.45) is 11.7 Å². The highest BCUT2D eigenvalue weighted by atomic mass is 19.4. The zero-order valence-electron chi connectivity index (χ0n) is 11.7. The summed E-state index contributed by atoms with van der Waals surface area (Å²) in [5, 5.41) is 2.34. The van der Waals surface area contributed by atoms with Crippen LogP contribution in [0.15, 0.2) is 24.3 Å². The van der Waals surface area contributed by atoms with E-state index in [4.69, 9.17) is 5.73 Å². The lowest BCUT2D eigenvalue weighted by Gasteiger charge is -2.33. The van der Waals surface area contributed by atoms with Crippen LogP contribution in [-0.4, -0.2) is 36.1 Å². The second kappa shape index (κ2) is 6.25. The molecule has 1 heterocycles. The molecule has 1 aliphatic heterocycles. The summed E-state index contributed by atoms with van der Waals surface area (Å²) in [7, 11) is 0. The second-order valence-corrected chi connectivity index (χ2v) is 5.20. The Morgan fingerprint density at radius 1 is 1.23 bits per heavy atom. The lowest BCUT2D eigenvalue weighted by molar-refractivity contribution is -0.184. The van der Waals surface area contributed by atoms with E-state index in [0.717, 1.165) is 0 Å². The number of urea groups is 1. The lowest BCUT2D eigenvalue weighted by Crippen LogP contribution is -2.44. The van der Waals surface area contributed by atoms with Gasteiger partial charge in [-0.15, -0.1) is 0 Å². The molecule has 0 aliphatic carbocycles. The topological polar surface area (TPSA) is 75.4 Å². The van der Waals surface area contributed by atoms with Gasteiger partial charge in [0.1, 0.15) is 0 Å². The number of carbonyl (C=O) groups is 2. The molecule has 2 rings (SSSR count). The summed E-state index contributed by atoms with van der Waals surface area (Å²) in [5.74, 6) is -1.92. The number of amides is 3. The fourth-order valence-electron chi connectivity index (χ4n) is 2.45. The molecule has 5 nitrogen and oxygen atoms in total. The van der Waals surface area contributed by atoms with Gasteiger partial charge in [-0.2, -0.15) is 13.2 Å². The largest absolute Gasteiger partial charge is 0.393 e. The average Bonchev–Trinajstić information content (AvgIpc) is 2.46. The van der Waals surface area contributed by atoms with Crippen LogP contribution in [0.1, 0.15) is 23.2 Å². The van der Waals surface area contributed by atoms with Crippen LogP contribution in [0.4, 0.5) is 23.7 Å². The van der Waals surface area contributed by atoms with Crippen molar-refractivity contribution in [2.75, 3.05) is 18.4 Å². The van der Waals surface area contributed by atoms with Gasteiger partial charge < -0.3 is 16.0 Å². The molecular formula is C14H16F3N3O2. The Morgan fingerprint density at radius 2 is 1.86 bits per heavy atom. The van der Waals surface area contributed by atoms with Crippen molar-refractivity contribution in [1.82, 2.24) is 4.90 Å². The Labute approximate surface area is 125 Å². The average molecular weight is 315 g/mol. The van der Waals surface area contributed by atoms with Gasteiger partial charge in [0, 0.05) is 24.3 Å². The van der Waals surface area contributed by atoms with Gasteiger partial charge >= 0.3 is 12.2 Å². The molecule has 0 radical (unpaired) electrons. The molecule has 0 aromatic heterocycles. The van der Waals surface area contributed by atoms with Crippen molar-refractivity contribution >= 4 is 17.6 Å². The zero-order valence-corrected chi connectivity index (χ0v) is 11.7. The third-order valence-electron chi connectivity index (χ3n) is 3.57. The van der Waals surface area contributed by atoms with Crippen molar-refractivity contribution in [1.29, 1.82) is 0 Å². The number of alkyl halides is 3. The quantitative estimate of drug-likeness (QED) is 0.880. The maximum absolute atomic E-state index is 12.8. The van der Waals surface area contributed by atoms with Crippen molar-refractivity contribution in [3.63, 3.8) is 0 Å². The molecule has 1 aromatic carbocycles. The number of piperidine rings is 1. The molecule has 8 heteroatoms. The Balaban J connectivity index is 2.06. The van der Waals surface area contributed by atoms with Crippen LogP contribution in [0.3, 0.4) is 0 Å². The third kappa shape index (κ3) is 3.90. The van der Waals surface area contributed by atoms with Crippen LogP contribution < -0.4 is 11.1 Å². The van der Waals surface area contributed by atoms with E-state index in [1.54, 1.807) is 0 Å². The van der Waals surface area contributed by atoms with Gasteiger partial charge in [-0.25, -0.2) is 4.79 Å². The fraction of sp³-hybridized carbons (Fsp3) is 0.429. The van der Waals surface area contributed by atoms with Gasteiger partial charge in [-0.05, 0) is 37.1 Å². The predicted molar refractivity (Wildman–Crippen MR) is 74.3 cm³/mol. The van der Waals surface area contributed by atoms with Crippen LogP contribution in [0.2, 0.25) is 0 Å². The Morgan fingerprint density at radius 3 is 2.41 bits per heavy atom. The molecule has 0 spiro atoms. The van der Waals surface area contributed by atoms with E-state index in [-0.39, 0.29) is 18.5 Å². The number of hydrogen-bond acceptors (Lipinski definition) is 2. The highest BCUT2D eigenvalue weighted by Crippen LogP contribution is 2.33. The Hall–Kier alpha value is -2.25. The first-order valence-electron chi connectivity index (χ1n) is 6.80. The second-order valence-electron chi connectivity index (χ2n) is 5.20. The molecule has 1 aliphatic rings. The van der Waals surface area contributed by atoms with Gasteiger partial charge in [0.25, 0.3) is 5.91 Å². The van der Waals surface area contributed by atoms with Crippen LogP contribution in [0.5, 0.6) is 0 Å². The normalized spacial score (nSPS) is 18.9. The molecule has 1 atom stereocenters. The van der Waals surface area contributed by atoms with Crippen molar-refractivity contribution in [3.8, 4) is 0 Å². The number of nitrogens with two attached hydrogens (primary N) is 1. The van der Waals surface area contributed by atoms with Gasteiger partial charge in [0.05, 0.1) is 5.92 Å². The standard InChI is InChI=1S/C14H16F3N3O2/c15-14(16,17)10-2-1-7-20(8-10)12(21)9-3-5-11(6-4-9)19-13(18)22/h3-6,10H,1-2,7-8H2,(H3,18,19,22). The highest BCUT2D eigenvalue weighted by molar-refractivity contribution is 5.95. The van der Waals surface area contributed by atoms with Crippen LogP contribution in [0, 0.1) is 5.92 Å². The molecule has 3 N–H and O–H groups in total. The summed E-state index contributed by atoms with van der Waals surface area (Å²) in [5.41, 5.74) is 5.65. The maximum Gasteiger partial charge on any atom is 0.393 e. The van der Waals surface area contributed by atoms with Crippen molar-refractivity contribution in [3.05, 3.63) is 29.8 Å². The summed E-state index contributed by atoms with van der Waals surface area (Å²) < 4.78 is 38.3. The number of nitrogens with zero attached hydrogens (tertiary/aromatic N) is 1. The number of nitrogens with one attached hydrogen (secondary N) is 1. The fourth-order valence-corrected chi connectivity index (χ4v) is 2.45. The summed E-state index contributed by atoms with van der Waals surface area (Å²) >= 11 is 0. The molecule has 22 heavy (non-hydrogen) atoms. The SMILES string of the molecule is NC(=O)Nc1ccc(C(=O)N2CCCC(C(F)(F)F)C2)cc1.